The van der Waals surface area contributed by atoms with E-state index in [1.165, 1.54) is 0 Å². The van der Waals surface area contributed by atoms with Gasteiger partial charge in [-0.25, -0.2) is 4.79 Å². The van der Waals surface area contributed by atoms with Gasteiger partial charge >= 0.3 is 5.97 Å². The summed E-state index contributed by atoms with van der Waals surface area (Å²) in [6.07, 6.45) is 2.73. The largest absolute Gasteiger partial charge is 0.493 e. The molecule has 3 nitrogen and oxygen atoms in total. The molecule has 1 aromatic rings. The van der Waals surface area contributed by atoms with Gasteiger partial charge in [0.05, 0.1) is 6.61 Å². The molecule has 0 fully saturated rings. The first-order valence-electron chi connectivity index (χ1n) is 6.05. The lowest BCUT2D eigenvalue weighted by atomic mass is 10.1. The van der Waals surface area contributed by atoms with E-state index in [9.17, 15) is 4.79 Å². The van der Waals surface area contributed by atoms with Gasteiger partial charge in [-0.2, -0.15) is 0 Å². The van der Waals surface area contributed by atoms with Gasteiger partial charge in [0, 0.05) is 6.08 Å². The van der Waals surface area contributed by atoms with Crippen LogP contribution in [0.3, 0.4) is 0 Å². The van der Waals surface area contributed by atoms with E-state index in [-0.39, 0.29) is 0 Å². The molecule has 0 saturated heterocycles. The van der Waals surface area contributed by atoms with Crippen LogP contribution in [0.2, 0.25) is 0 Å². The maximum absolute atomic E-state index is 10.5. The van der Waals surface area contributed by atoms with Crippen molar-refractivity contribution in [3.8, 4) is 5.75 Å². The highest BCUT2D eigenvalue weighted by atomic mass is 16.5. The Kier molecular flexibility index (Phi) is 4.95. The number of rotatable bonds is 5. The smallest absolute Gasteiger partial charge is 0.328 e. The van der Waals surface area contributed by atoms with Crippen LogP contribution >= 0.6 is 0 Å². The van der Waals surface area contributed by atoms with Crippen molar-refractivity contribution in [3.63, 3.8) is 0 Å². The first-order valence-corrected chi connectivity index (χ1v) is 6.05. The average molecular weight is 248 g/mol. The van der Waals surface area contributed by atoms with E-state index in [1.54, 1.807) is 6.08 Å². The summed E-state index contributed by atoms with van der Waals surface area (Å²) in [5.74, 6) is 0.442. The molecule has 0 bridgehead atoms. The molecule has 0 radical (unpaired) electrons. The zero-order chi connectivity index (χ0) is 13.7. The molecular weight excluding hydrogens is 228 g/mol. The number of carbonyl (C=O) groups is 1. The van der Waals surface area contributed by atoms with Crippen LogP contribution in [-0.2, 0) is 4.79 Å². The number of benzene rings is 1. The second kappa shape index (κ2) is 6.24. The van der Waals surface area contributed by atoms with Crippen molar-refractivity contribution in [1.29, 1.82) is 0 Å². The lowest BCUT2D eigenvalue weighted by molar-refractivity contribution is -0.131. The zero-order valence-corrected chi connectivity index (χ0v) is 11.4. The van der Waals surface area contributed by atoms with Crippen LogP contribution in [0, 0.1) is 19.8 Å². The van der Waals surface area contributed by atoms with Crippen molar-refractivity contribution in [2.24, 2.45) is 5.92 Å². The molecule has 0 heterocycles. The molecule has 0 aromatic heterocycles. The molecule has 98 valence electrons. The molecule has 1 N–H and O–H groups in total. The van der Waals surface area contributed by atoms with Crippen LogP contribution in [0.25, 0.3) is 6.08 Å². The molecule has 1 rings (SSSR count). The number of carboxylic acid groups (broad SMARTS) is 1. The fourth-order valence-electron chi connectivity index (χ4n) is 1.73. The number of aliphatic carboxylic acids is 1. The number of ether oxygens (including phenoxy) is 1. The summed E-state index contributed by atoms with van der Waals surface area (Å²) in [7, 11) is 0. The molecule has 0 spiro atoms. The van der Waals surface area contributed by atoms with E-state index in [0.717, 1.165) is 28.5 Å². The van der Waals surface area contributed by atoms with Gasteiger partial charge in [-0.15, -0.1) is 0 Å². The summed E-state index contributed by atoms with van der Waals surface area (Å²) in [5, 5.41) is 8.60. The van der Waals surface area contributed by atoms with Crippen LogP contribution in [0.5, 0.6) is 5.75 Å². The molecule has 0 aliphatic rings. The SMILES string of the molecule is Cc1cc(/C=C/C(=O)O)cc(C)c1OCC(C)C. The Bertz CT molecular complexity index is 436. The van der Waals surface area contributed by atoms with Gasteiger partial charge in [-0.05, 0) is 54.7 Å². The van der Waals surface area contributed by atoms with E-state index in [0.29, 0.717) is 12.5 Å². The standard InChI is InChI=1S/C15H20O3/c1-10(2)9-18-15-11(3)7-13(8-12(15)4)5-6-14(16)17/h5-8,10H,9H2,1-4H3,(H,16,17)/b6-5+. The normalized spacial score (nSPS) is 11.2. The first-order chi connectivity index (χ1) is 8.40. The van der Waals surface area contributed by atoms with Crippen molar-refractivity contribution >= 4 is 12.0 Å². The highest BCUT2D eigenvalue weighted by molar-refractivity contribution is 5.85. The topological polar surface area (TPSA) is 46.5 Å². The molecule has 0 unspecified atom stereocenters. The zero-order valence-electron chi connectivity index (χ0n) is 11.4. The highest BCUT2D eigenvalue weighted by Crippen LogP contribution is 2.25. The summed E-state index contributed by atoms with van der Waals surface area (Å²) < 4.78 is 5.77. The summed E-state index contributed by atoms with van der Waals surface area (Å²) in [6, 6.07) is 3.87. The minimum atomic E-state index is -0.939. The quantitative estimate of drug-likeness (QED) is 0.812. The summed E-state index contributed by atoms with van der Waals surface area (Å²) in [6.45, 7) is 8.84. The molecule has 1 aromatic carbocycles. The number of hydrogen-bond acceptors (Lipinski definition) is 2. The fraction of sp³-hybridized carbons (Fsp3) is 0.400. The van der Waals surface area contributed by atoms with Gasteiger partial charge in [-0.1, -0.05) is 13.8 Å². The van der Waals surface area contributed by atoms with E-state index in [1.807, 2.05) is 26.0 Å². The molecule has 3 heteroatoms. The first kappa shape index (κ1) is 14.3. The predicted molar refractivity (Wildman–Crippen MR) is 72.9 cm³/mol. The molecule has 18 heavy (non-hydrogen) atoms. The van der Waals surface area contributed by atoms with Crippen molar-refractivity contribution in [2.45, 2.75) is 27.7 Å². The molecule has 0 atom stereocenters. The van der Waals surface area contributed by atoms with Gasteiger partial charge < -0.3 is 9.84 Å². The van der Waals surface area contributed by atoms with Crippen LogP contribution in [0.15, 0.2) is 18.2 Å². The third kappa shape index (κ3) is 4.24. The van der Waals surface area contributed by atoms with E-state index >= 15 is 0 Å². The minimum absolute atomic E-state index is 0.482. The molecule has 0 saturated carbocycles. The maximum Gasteiger partial charge on any atom is 0.328 e. The second-order valence-electron chi connectivity index (χ2n) is 4.86. The molecule has 0 aliphatic carbocycles. The average Bonchev–Trinajstić information content (AvgIpc) is 2.24. The Morgan fingerprint density at radius 2 is 1.89 bits per heavy atom. The number of carboxylic acids is 1. The van der Waals surface area contributed by atoms with Crippen molar-refractivity contribution in [1.82, 2.24) is 0 Å². The maximum atomic E-state index is 10.5. The van der Waals surface area contributed by atoms with Crippen LogP contribution < -0.4 is 4.74 Å². The summed E-state index contributed by atoms with van der Waals surface area (Å²) in [4.78, 5) is 10.5. The Morgan fingerprint density at radius 1 is 1.33 bits per heavy atom. The van der Waals surface area contributed by atoms with E-state index in [2.05, 4.69) is 13.8 Å². The highest BCUT2D eigenvalue weighted by Gasteiger charge is 2.06. The predicted octanol–water partition coefficient (Wildman–Crippen LogP) is 3.44. The van der Waals surface area contributed by atoms with Gasteiger partial charge in [-0.3, -0.25) is 0 Å². The summed E-state index contributed by atoms with van der Waals surface area (Å²) >= 11 is 0. The van der Waals surface area contributed by atoms with Gasteiger partial charge in [0.2, 0.25) is 0 Å². The Hall–Kier alpha value is -1.77. The third-order valence-electron chi connectivity index (χ3n) is 2.46. The Labute approximate surface area is 108 Å². The third-order valence-corrected chi connectivity index (χ3v) is 2.46. The van der Waals surface area contributed by atoms with Gasteiger partial charge in [0.15, 0.2) is 0 Å². The number of hydrogen-bond donors (Lipinski definition) is 1. The fourth-order valence-corrected chi connectivity index (χ4v) is 1.73. The van der Waals surface area contributed by atoms with Gasteiger partial charge in [0.1, 0.15) is 5.75 Å². The molecular formula is C15H20O3. The van der Waals surface area contributed by atoms with Crippen LogP contribution in [-0.4, -0.2) is 17.7 Å². The van der Waals surface area contributed by atoms with E-state index < -0.39 is 5.97 Å². The Balaban J connectivity index is 2.93. The Morgan fingerprint density at radius 3 is 2.33 bits per heavy atom. The van der Waals surface area contributed by atoms with Gasteiger partial charge in [0.25, 0.3) is 0 Å². The van der Waals surface area contributed by atoms with Crippen molar-refractivity contribution in [2.75, 3.05) is 6.61 Å². The molecule has 0 aliphatic heterocycles. The number of aryl methyl sites for hydroxylation is 2. The van der Waals surface area contributed by atoms with Crippen molar-refractivity contribution < 1.29 is 14.6 Å². The monoisotopic (exact) mass is 248 g/mol. The molecule has 0 amide bonds. The second-order valence-corrected chi connectivity index (χ2v) is 4.86. The van der Waals surface area contributed by atoms with E-state index in [4.69, 9.17) is 9.84 Å². The van der Waals surface area contributed by atoms with Crippen molar-refractivity contribution in [3.05, 3.63) is 34.9 Å². The lowest BCUT2D eigenvalue weighted by Crippen LogP contribution is -2.06. The summed E-state index contributed by atoms with van der Waals surface area (Å²) in [5.41, 5.74) is 2.94. The minimum Gasteiger partial charge on any atom is -0.493 e. The lowest BCUT2D eigenvalue weighted by Gasteiger charge is -2.14. The van der Waals surface area contributed by atoms with Crippen LogP contribution in [0.4, 0.5) is 0 Å². The van der Waals surface area contributed by atoms with Crippen LogP contribution in [0.1, 0.15) is 30.5 Å².